The van der Waals surface area contributed by atoms with Crippen LogP contribution in [0.2, 0.25) is 0 Å². The first-order valence-electron chi connectivity index (χ1n) is 6.22. The molecule has 1 N–H and O–H groups in total. The lowest BCUT2D eigenvalue weighted by Crippen LogP contribution is -2.38. The fourth-order valence-electron chi connectivity index (χ4n) is 1.85. The highest BCUT2D eigenvalue weighted by molar-refractivity contribution is 7.84. The first-order chi connectivity index (χ1) is 8.93. The van der Waals surface area contributed by atoms with Crippen LogP contribution >= 0.6 is 0 Å². The van der Waals surface area contributed by atoms with Crippen LogP contribution in [0.5, 0.6) is 5.75 Å². The Morgan fingerprint density at radius 3 is 2.74 bits per heavy atom. The van der Waals surface area contributed by atoms with Gasteiger partial charge >= 0.3 is 0 Å². The van der Waals surface area contributed by atoms with Gasteiger partial charge in [0.05, 0.1) is 21.8 Å². The van der Waals surface area contributed by atoms with Crippen molar-refractivity contribution in [3.05, 3.63) is 47.7 Å². The van der Waals surface area contributed by atoms with Crippen molar-refractivity contribution in [2.45, 2.75) is 31.6 Å². The van der Waals surface area contributed by atoms with Crippen LogP contribution in [-0.4, -0.2) is 15.6 Å². The van der Waals surface area contributed by atoms with Gasteiger partial charge in [0, 0.05) is 11.1 Å². The maximum atomic E-state index is 12.3. The van der Waals surface area contributed by atoms with Gasteiger partial charge in [-0.15, -0.1) is 5.73 Å². The Labute approximate surface area is 117 Å². The van der Waals surface area contributed by atoms with E-state index in [1.54, 1.807) is 0 Å². The third-order valence-corrected chi connectivity index (χ3v) is 4.53. The SMILES string of the molecule is C=C=C1COc2ccccc2[C@H]1NS(=O)C(C)(C)C. The lowest BCUT2D eigenvalue weighted by Gasteiger charge is -2.30. The van der Waals surface area contributed by atoms with Crippen molar-refractivity contribution >= 4 is 11.0 Å². The molecule has 0 saturated heterocycles. The summed E-state index contributed by atoms with van der Waals surface area (Å²) in [6.45, 7) is 9.96. The van der Waals surface area contributed by atoms with E-state index in [-0.39, 0.29) is 10.8 Å². The van der Waals surface area contributed by atoms with Gasteiger partial charge in [0.15, 0.2) is 0 Å². The number of hydrogen-bond acceptors (Lipinski definition) is 2. The normalized spacial score (nSPS) is 20.2. The van der Waals surface area contributed by atoms with E-state index in [4.69, 9.17) is 4.74 Å². The average Bonchev–Trinajstić information content (AvgIpc) is 2.38. The van der Waals surface area contributed by atoms with Crippen LogP contribution in [0, 0.1) is 0 Å². The van der Waals surface area contributed by atoms with E-state index in [0.29, 0.717) is 6.61 Å². The maximum Gasteiger partial charge on any atom is 0.124 e. The molecule has 1 aromatic carbocycles. The topological polar surface area (TPSA) is 38.3 Å². The fraction of sp³-hybridized carbons (Fsp3) is 0.400. The van der Waals surface area contributed by atoms with E-state index in [0.717, 1.165) is 16.9 Å². The zero-order valence-electron chi connectivity index (χ0n) is 11.5. The Balaban J connectivity index is 2.36. The lowest BCUT2D eigenvalue weighted by molar-refractivity contribution is 0.316. The van der Waals surface area contributed by atoms with E-state index >= 15 is 0 Å². The summed E-state index contributed by atoms with van der Waals surface area (Å²) >= 11 is 0. The third-order valence-electron chi connectivity index (χ3n) is 2.97. The largest absolute Gasteiger partial charge is 0.488 e. The first kappa shape index (κ1) is 14.1. The monoisotopic (exact) mass is 277 g/mol. The van der Waals surface area contributed by atoms with Gasteiger partial charge in [-0.1, -0.05) is 24.8 Å². The summed E-state index contributed by atoms with van der Waals surface area (Å²) in [6, 6.07) is 7.62. The highest BCUT2D eigenvalue weighted by Crippen LogP contribution is 2.35. The molecule has 1 heterocycles. The van der Waals surface area contributed by atoms with Crippen molar-refractivity contribution in [1.29, 1.82) is 0 Å². The second kappa shape index (κ2) is 5.33. The van der Waals surface area contributed by atoms with E-state index < -0.39 is 11.0 Å². The molecule has 0 amide bonds. The quantitative estimate of drug-likeness (QED) is 0.844. The van der Waals surface area contributed by atoms with E-state index in [9.17, 15) is 4.21 Å². The predicted octanol–water partition coefficient (Wildman–Crippen LogP) is 2.88. The van der Waals surface area contributed by atoms with Crippen molar-refractivity contribution in [3.8, 4) is 5.75 Å². The average molecular weight is 277 g/mol. The molecule has 3 nitrogen and oxygen atoms in total. The van der Waals surface area contributed by atoms with Gasteiger partial charge in [0.2, 0.25) is 0 Å². The second-order valence-corrected chi connectivity index (χ2v) is 7.46. The first-order valence-corrected chi connectivity index (χ1v) is 7.37. The summed E-state index contributed by atoms with van der Waals surface area (Å²) in [4.78, 5) is 0. The molecule has 1 unspecified atom stereocenters. The number of hydrogen-bond donors (Lipinski definition) is 1. The maximum absolute atomic E-state index is 12.3. The summed E-state index contributed by atoms with van der Waals surface area (Å²) in [5, 5.41) is 0. The summed E-state index contributed by atoms with van der Waals surface area (Å²) < 4.78 is 20.8. The molecule has 2 atom stereocenters. The van der Waals surface area contributed by atoms with Gasteiger partial charge in [0.25, 0.3) is 0 Å². The minimum absolute atomic E-state index is 0.150. The number of fused-ring (bicyclic) bond motifs is 1. The number of ether oxygens (including phenoxy) is 1. The number of nitrogens with one attached hydrogen (secondary N) is 1. The van der Waals surface area contributed by atoms with Crippen LogP contribution < -0.4 is 9.46 Å². The van der Waals surface area contributed by atoms with Gasteiger partial charge < -0.3 is 4.74 Å². The van der Waals surface area contributed by atoms with Crippen LogP contribution in [0.3, 0.4) is 0 Å². The van der Waals surface area contributed by atoms with Crippen molar-refractivity contribution < 1.29 is 8.95 Å². The van der Waals surface area contributed by atoms with Gasteiger partial charge in [-0.2, -0.15) is 0 Å². The molecule has 0 radical (unpaired) electrons. The summed E-state index contributed by atoms with van der Waals surface area (Å²) in [7, 11) is -1.16. The molecular weight excluding hydrogens is 258 g/mol. The van der Waals surface area contributed by atoms with Crippen LogP contribution in [0.25, 0.3) is 0 Å². The third kappa shape index (κ3) is 2.98. The molecule has 1 aromatic rings. The number of benzene rings is 1. The molecule has 1 aliphatic heterocycles. The van der Waals surface area contributed by atoms with E-state index in [1.807, 2.05) is 45.0 Å². The number of para-hydroxylation sites is 1. The van der Waals surface area contributed by atoms with Crippen molar-refractivity contribution in [2.24, 2.45) is 0 Å². The Bertz CT molecular complexity index is 554. The van der Waals surface area contributed by atoms with Gasteiger partial charge in [-0.05, 0) is 26.8 Å². The highest BCUT2D eigenvalue weighted by Gasteiger charge is 2.30. The molecule has 0 bridgehead atoms. The van der Waals surface area contributed by atoms with Crippen LogP contribution in [0.15, 0.2) is 42.1 Å². The Morgan fingerprint density at radius 2 is 2.11 bits per heavy atom. The van der Waals surface area contributed by atoms with Gasteiger partial charge in [-0.25, -0.2) is 8.93 Å². The molecule has 0 fully saturated rings. The zero-order chi connectivity index (χ0) is 14.0. The lowest BCUT2D eigenvalue weighted by atomic mass is 9.97. The summed E-state index contributed by atoms with van der Waals surface area (Å²) in [5.41, 5.74) is 4.77. The molecule has 0 saturated carbocycles. The molecule has 0 aliphatic carbocycles. The second-order valence-electron chi connectivity index (χ2n) is 5.46. The summed E-state index contributed by atoms with van der Waals surface area (Å²) in [6.07, 6.45) is 0. The Morgan fingerprint density at radius 1 is 1.42 bits per heavy atom. The van der Waals surface area contributed by atoms with E-state index in [1.165, 1.54) is 0 Å². The van der Waals surface area contributed by atoms with Gasteiger partial charge in [0.1, 0.15) is 12.4 Å². The predicted molar refractivity (Wildman–Crippen MR) is 78.4 cm³/mol. The smallest absolute Gasteiger partial charge is 0.124 e. The molecule has 0 spiro atoms. The molecule has 19 heavy (non-hydrogen) atoms. The summed E-state index contributed by atoms with van der Waals surface area (Å²) in [5.74, 6) is 0.824. The molecule has 2 rings (SSSR count). The number of rotatable bonds is 2. The molecule has 1 aliphatic rings. The molecule has 4 heteroatoms. The Kier molecular flexibility index (Phi) is 3.95. The van der Waals surface area contributed by atoms with E-state index in [2.05, 4.69) is 17.0 Å². The van der Waals surface area contributed by atoms with Crippen molar-refractivity contribution in [2.75, 3.05) is 6.61 Å². The van der Waals surface area contributed by atoms with Crippen LogP contribution in [-0.2, 0) is 11.0 Å². The van der Waals surface area contributed by atoms with Crippen molar-refractivity contribution in [3.63, 3.8) is 0 Å². The molecule has 0 aromatic heterocycles. The minimum atomic E-state index is -1.16. The van der Waals surface area contributed by atoms with Gasteiger partial charge in [-0.3, -0.25) is 0 Å². The molecular formula is C15H19NO2S. The zero-order valence-corrected chi connectivity index (χ0v) is 12.3. The highest BCUT2D eigenvalue weighted by atomic mass is 32.2. The molecule has 102 valence electrons. The standard InChI is InChI=1S/C15H19NO2S/c1-5-11-10-18-13-9-7-6-8-12(13)14(11)16-19(17)15(2,3)4/h6-9,14,16H,1,10H2,2-4H3/t14-,19?/m0/s1. The fourth-order valence-corrected chi connectivity index (χ4v) is 2.69. The van der Waals surface area contributed by atoms with Crippen molar-refractivity contribution in [1.82, 2.24) is 4.72 Å². The Hall–Kier alpha value is -1.35. The van der Waals surface area contributed by atoms with Crippen LogP contribution in [0.1, 0.15) is 32.4 Å². The minimum Gasteiger partial charge on any atom is -0.488 e. The van der Waals surface area contributed by atoms with Crippen LogP contribution in [0.4, 0.5) is 0 Å².